The molecule has 98 valence electrons. The Kier molecular flexibility index (Phi) is 4.69. The normalized spacial score (nSPS) is 9.89. The topological polar surface area (TPSA) is 55.4 Å². The molecule has 1 N–H and O–H groups in total. The van der Waals surface area contributed by atoms with Crippen molar-refractivity contribution in [2.24, 2.45) is 0 Å². The van der Waals surface area contributed by atoms with E-state index in [9.17, 15) is 9.59 Å². The number of nitrogens with one attached hydrogen (secondary N) is 1. The average molecular weight is 275 g/mol. The third kappa shape index (κ3) is 3.93. The molecule has 1 aromatic carbocycles. The molecular formula is C14H13NO3S. The van der Waals surface area contributed by atoms with Crippen LogP contribution in [0.5, 0.6) is 0 Å². The molecule has 0 saturated carbocycles. The number of hydrogen-bond donors (Lipinski definition) is 1. The van der Waals surface area contributed by atoms with Gasteiger partial charge in [-0.2, -0.15) is 0 Å². The van der Waals surface area contributed by atoms with Gasteiger partial charge in [0.2, 0.25) is 0 Å². The highest BCUT2D eigenvalue weighted by Gasteiger charge is 2.08. The van der Waals surface area contributed by atoms with Gasteiger partial charge in [-0.15, -0.1) is 11.3 Å². The first-order valence-corrected chi connectivity index (χ1v) is 6.69. The van der Waals surface area contributed by atoms with Crippen LogP contribution in [-0.2, 0) is 4.74 Å². The van der Waals surface area contributed by atoms with Crippen LogP contribution in [0.4, 0.5) is 0 Å². The van der Waals surface area contributed by atoms with Crippen LogP contribution in [0.25, 0.3) is 0 Å². The highest BCUT2D eigenvalue weighted by molar-refractivity contribution is 7.11. The van der Waals surface area contributed by atoms with Crippen molar-refractivity contribution in [1.29, 1.82) is 0 Å². The lowest BCUT2D eigenvalue weighted by molar-refractivity contribution is 0.0509. The number of carbonyl (C=O) groups is 2. The number of thiophene rings is 1. The van der Waals surface area contributed by atoms with Crippen LogP contribution < -0.4 is 5.32 Å². The first-order valence-electron chi connectivity index (χ1n) is 5.81. The maximum Gasteiger partial charge on any atom is 0.348 e. The van der Waals surface area contributed by atoms with Gasteiger partial charge in [0.25, 0.3) is 5.91 Å². The largest absolute Gasteiger partial charge is 0.460 e. The molecule has 2 aromatic rings. The lowest BCUT2D eigenvalue weighted by atomic mass is 10.2. The van der Waals surface area contributed by atoms with Crippen LogP contribution >= 0.6 is 11.3 Å². The SMILES string of the molecule is O=C(NCCOC(=O)c1cccs1)c1ccccc1. The van der Waals surface area contributed by atoms with Gasteiger partial charge in [0.15, 0.2) is 0 Å². The molecule has 0 spiro atoms. The third-order valence-electron chi connectivity index (χ3n) is 2.38. The molecular weight excluding hydrogens is 262 g/mol. The summed E-state index contributed by atoms with van der Waals surface area (Å²) in [5, 5.41) is 4.50. The summed E-state index contributed by atoms with van der Waals surface area (Å²) in [6.07, 6.45) is 0. The second-order valence-electron chi connectivity index (χ2n) is 3.74. The monoisotopic (exact) mass is 275 g/mol. The minimum Gasteiger partial charge on any atom is -0.460 e. The van der Waals surface area contributed by atoms with Crippen molar-refractivity contribution < 1.29 is 14.3 Å². The molecule has 4 nitrogen and oxygen atoms in total. The van der Waals surface area contributed by atoms with E-state index < -0.39 is 0 Å². The number of ether oxygens (including phenoxy) is 1. The van der Waals surface area contributed by atoms with Gasteiger partial charge in [0, 0.05) is 5.56 Å². The molecule has 0 radical (unpaired) electrons. The van der Waals surface area contributed by atoms with Gasteiger partial charge in [-0.05, 0) is 23.6 Å². The molecule has 0 fully saturated rings. The number of rotatable bonds is 5. The Morgan fingerprint density at radius 1 is 1.11 bits per heavy atom. The van der Waals surface area contributed by atoms with Crippen molar-refractivity contribution in [3.63, 3.8) is 0 Å². The predicted octanol–water partition coefficient (Wildman–Crippen LogP) is 2.33. The van der Waals surface area contributed by atoms with Crippen molar-refractivity contribution in [2.45, 2.75) is 0 Å². The zero-order chi connectivity index (χ0) is 13.5. The highest BCUT2D eigenvalue weighted by Crippen LogP contribution is 2.09. The summed E-state index contributed by atoms with van der Waals surface area (Å²) in [5.41, 5.74) is 0.590. The Bertz CT molecular complexity index is 537. The fourth-order valence-corrected chi connectivity index (χ4v) is 2.08. The smallest absolute Gasteiger partial charge is 0.348 e. The van der Waals surface area contributed by atoms with Crippen LogP contribution in [0.15, 0.2) is 47.8 Å². The number of amides is 1. The third-order valence-corrected chi connectivity index (χ3v) is 3.23. The fourth-order valence-electron chi connectivity index (χ4n) is 1.47. The van der Waals surface area contributed by atoms with E-state index in [2.05, 4.69) is 5.32 Å². The lowest BCUT2D eigenvalue weighted by Gasteiger charge is -2.05. The average Bonchev–Trinajstić information content (AvgIpc) is 2.98. The molecule has 0 saturated heterocycles. The zero-order valence-electron chi connectivity index (χ0n) is 10.2. The molecule has 5 heteroatoms. The highest BCUT2D eigenvalue weighted by atomic mass is 32.1. The number of carbonyl (C=O) groups excluding carboxylic acids is 2. The summed E-state index contributed by atoms with van der Waals surface area (Å²) in [6, 6.07) is 12.4. The molecule has 1 aromatic heterocycles. The van der Waals surface area contributed by atoms with Crippen LogP contribution in [0, 0.1) is 0 Å². The van der Waals surface area contributed by atoms with Gasteiger partial charge in [0.05, 0.1) is 6.54 Å². The number of benzene rings is 1. The molecule has 1 heterocycles. The van der Waals surface area contributed by atoms with Crippen molar-refractivity contribution in [3.05, 3.63) is 58.3 Å². The fraction of sp³-hybridized carbons (Fsp3) is 0.143. The van der Waals surface area contributed by atoms with Crippen LogP contribution in [-0.4, -0.2) is 25.0 Å². The summed E-state index contributed by atoms with van der Waals surface area (Å²) in [5.74, 6) is -0.531. The first kappa shape index (κ1) is 13.3. The number of esters is 1. The molecule has 1 amide bonds. The van der Waals surface area contributed by atoms with Crippen molar-refractivity contribution >= 4 is 23.2 Å². The second kappa shape index (κ2) is 6.70. The Labute approximate surface area is 115 Å². The maximum atomic E-state index is 11.7. The molecule has 2 rings (SSSR count). The van der Waals surface area contributed by atoms with Gasteiger partial charge in [0.1, 0.15) is 11.5 Å². The van der Waals surface area contributed by atoms with Gasteiger partial charge >= 0.3 is 5.97 Å². The summed E-state index contributed by atoms with van der Waals surface area (Å²) >= 11 is 1.33. The summed E-state index contributed by atoms with van der Waals surface area (Å²) in [4.78, 5) is 23.7. The van der Waals surface area contributed by atoms with E-state index in [1.54, 1.807) is 36.4 Å². The van der Waals surface area contributed by atoms with E-state index in [-0.39, 0.29) is 18.5 Å². The first-order chi connectivity index (χ1) is 9.27. The van der Waals surface area contributed by atoms with Crippen molar-refractivity contribution in [1.82, 2.24) is 5.32 Å². The molecule has 0 aliphatic carbocycles. The molecule has 0 aliphatic rings. The maximum absolute atomic E-state index is 11.7. The molecule has 0 unspecified atom stereocenters. The minimum atomic E-state index is -0.357. The Hall–Kier alpha value is -2.14. The van der Waals surface area contributed by atoms with Gasteiger partial charge in [-0.3, -0.25) is 4.79 Å². The van der Waals surface area contributed by atoms with Crippen molar-refractivity contribution in [3.8, 4) is 0 Å². The minimum absolute atomic E-state index is 0.162. The van der Waals surface area contributed by atoms with Crippen LogP contribution in [0.3, 0.4) is 0 Å². The summed E-state index contributed by atoms with van der Waals surface area (Å²) in [6.45, 7) is 0.458. The zero-order valence-corrected chi connectivity index (χ0v) is 11.0. The molecule has 19 heavy (non-hydrogen) atoms. The van der Waals surface area contributed by atoms with E-state index in [1.165, 1.54) is 11.3 Å². The molecule has 0 aliphatic heterocycles. The van der Waals surface area contributed by atoms with E-state index in [1.807, 2.05) is 11.4 Å². The van der Waals surface area contributed by atoms with Gasteiger partial charge in [-0.25, -0.2) is 4.79 Å². The summed E-state index contributed by atoms with van der Waals surface area (Å²) < 4.78 is 5.03. The standard InChI is InChI=1S/C14H13NO3S/c16-13(11-5-2-1-3-6-11)15-8-9-18-14(17)12-7-4-10-19-12/h1-7,10H,8-9H2,(H,15,16). The quantitative estimate of drug-likeness (QED) is 0.673. The Morgan fingerprint density at radius 2 is 1.89 bits per heavy atom. The van der Waals surface area contributed by atoms with E-state index >= 15 is 0 Å². The molecule has 0 bridgehead atoms. The van der Waals surface area contributed by atoms with Gasteiger partial charge < -0.3 is 10.1 Å². The van der Waals surface area contributed by atoms with Crippen molar-refractivity contribution in [2.75, 3.05) is 13.2 Å². The van der Waals surface area contributed by atoms with E-state index in [0.29, 0.717) is 17.0 Å². The predicted molar refractivity (Wildman–Crippen MR) is 73.4 cm³/mol. The lowest BCUT2D eigenvalue weighted by Crippen LogP contribution is -2.27. The van der Waals surface area contributed by atoms with E-state index in [4.69, 9.17) is 4.74 Å². The number of hydrogen-bond acceptors (Lipinski definition) is 4. The second-order valence-corrected chi connectivity index (χ2v) is 4.68. The summed E-state index contributed by atoms with van der Waals surface area (Å²) in [7, 11) is 0. The molecule has 0 atom stereocenters. The van der Waals surface area contributed by atoms with E-state index in [0.717, 1.165) is 0 Å². The van der Waals surface area contributed by atoms with Crippen LogP contribution in [0.1, 0.15) is 20.0 Å². The Morgan fingerprint density at radius 3 is 2.58 bits per heavy atom. The van der Waals surface area contributed by atoms with Gasteiger partial charge in [-0.1, -0.05) is 24.3 Å². The Balaban J connectivity index is 1.70. The van der Waals surface area contributed by atoms with Crippen LogP contribution in [0.2, 0.25) is 0 Å².